The number of anilines is 1. The number of ketones is 1. The van der Waals surface area contributed by atoms with Gasteiger partial charge in [0, 0.05) is 25.1 Å². The van der Waals surface area contributed by atoms with Crippen LogP contribution in [-0.4, -0.2) is 54.9 Å². The molecule has 1 unspecified atom stereocenters. The van der Waals surface area contributed by atoms with Crippen molar-refractivity contribution in [3.8, 4) is 5.75 Å². The summed E-state index contributed by atoms with van der Waals surface area (Å²) in [5.74, 6) is -2.32. The number of hydrogen-bond donors (Lipinski definition) is 0. The molecule has 2 aliphatic rings. The largest absolute Gasteiger partial charge is 0.497 e. The molecule has 26 heavy (non-hydrogen) atoms. The highest BCUT2D eigenvalue weighted by Gasteiger charge is 2.48. The minimum atomic E-state index is -5.02. The average molecular weight is 370 g/mol. The van der Waals surface area contributed by atoms with Crippen LogP contribution in [0.25, 0.3) is 0 Å². The van der Waals surface area contributed by atoms with Crippen LogP contribution in [0.3, 0.4) is 0 Å². The third-order valence-electron chi connectivity index (χ3n) is 4.66. The lowest BCUT2D eigenvalue weighted by Gasteiger charge is -2.33. The van der Waals surface area contributed by atoms with E-state index in [4.69, 9.17) is 4.74 Å². The normalized spacial score (nSPS) is 20.2. The second-order valence-electron chi connectivity index (χ2n) is 6.20. The van der Waals surface area contributed by atoms with Gasteiger partial charge in [0.05, 0.1) is 12.8 Å². The Morgan fingerprint density at radius 1 is 1.23 bits per heavy atom. The summed E-state index contributed by atoms with van der Waals surface area (Å²) >= 11 is 0. The number of nitrogens with zero attached hydrogens (tertiary/aromatic N) is 2. The van der Waals surface area contributed by atoms with Gasteiger partial charge in [-0.15, -0.1) is 0 Å². The average Bonchev–Trinajstić information content (AvgIpc) is 3.09. The Kier molecular flexibility index (Phi) is 4.64. The van der Waals surface area contributed by atoms with Crippen molar-refractivity contribution in [3.63, 3.8) is 0 Å². The second kappa shape index (κ2) is 6.62. The van der Waals surface area contributed by atoms with Crippen molar-refractivity contribution in [2.75, 3.05) is 25.1 Å². The summed E-state index contributed by atoms with van der Waals surface area (Å²) < 4.78 is 43.4. The van der Waals surface area contributed by atoms with Gasteiger partial charge in [-0.2, -0.15) is 13.2 Å². The molecule has 0 radical (unpaired) electrons. The van der Waals surface area contributed by atoms with Gasteiger partial charge in [0.25, 0.3) is 0 Å². The number of methoxy groups -OCH3 is 1. The first-order chi connectivity index (χ1) is 12.2. The van der Waals surface area contributed by atoms with Crippen molar-refractivity contribution in [2.45, 2.75) is 31.5 Å². The Balaban J connectivity index is 1.90. The molecule has 0 aromatic heterocycles. The predicted molar refractivity (Wildman–Crippen MR) is 85.1 cm³/mol. The van der Waals surface area contributed by atoms with Crippen molar-refractivity contribution < 1.29 is 32.3 Å². The van der Waals surface area contributed by atoms with Crippen LogP contribution in [0, 0.1) is 0 Å². The molecule has 0 N–H and O–H groups in total. The number of fused-ring (bicyclic) bond motifs is 1. The fraction of sp³-hybridized carbons (Fsp3) is 0.471. The highest BCUT2D eigenvalue weighted by Crippen LogP contribution is 2.33. The molecule has 9 heteroatoms. The number of benzene rings is 1. The second-order valence-corrected chi connectivity index (χ2v) is 6.20. The van der Waals surface area contributed by atoms with E-state index in [0.717, 1.165) is 0 Å². The van der Waals surface area contributed by atoms with Crippen LogP contribution in [0.15, 0.2) is 18.2 Å². The Hall–Kier alpha value is -2.58. The molecule has 1 atom stereocenters. The molecule has 2 amide bonds. The van der Waals surface area contributed by atoms with E-state index < -0.39 is 24.0 Å². The minimum absolute atomic E-state index is 0.0614. The maximum absolute atomic E-state index is 12.9. The van der Waals surface area contributed by atoms with Crippen LogP contribution in [0.2, 0.25) is 0 Å². The van der Waals surface area contributed by atoms with E-state index in [1.54, 1.807) is 6.07 Å². The van der Waals surface area contributed by atoms with Crippen molar-refractivity contribution in [1.82, 2.24) is 4.90 Å². The summed E-state index contributed by atoms with van der Waals surface area (Å²) in [6, 6.07) is 3.44. The summed E-state index contributed by atoms with van der Waals surface area (Å²) in [4.78, 5) is 38.5. The van der Waals surface area contributed by atoms with Crippen LogP contribution in [0.4, 0.5) is 18.9 Å². The van der Waals surface area contributed by atoms with E-state index in [-0.39, 0.29) is 37.3 Å². The number of halogens is 3. The maximum Gasteiger partial charge on any atom is 0.471 e. The van der Waals surface area contributed by atoms with Crippen LogP contribution >= 0.6 is 0 Å². The molecule has 1 fully saturated rings. The van der Waals surface area contributed by atoms with E-state index in [2.05, 4.69) is 0 Å². The molecule has 0 aliphatic carbocycles. The van der Waals surface area contributed by atoms with E-state index in [0.29, 0.717) is 22.8 Å². The SMILES string of the molecule is COc1ccc2c(c1)C(=O)CCN2C(=O)C1CCCN1C(=O)C(F)(F)F. The van der Waals surface area contributed by atoms with Gasteiger partial charge >= 0.3 is 12.1 Å². The number of carbonyl (C=O) groups excluding carboxylic acids is 3. The topological polar surface area (TPSA) is 66.9 Å². The lowest BCUT2D eigenvalue weighted by molar-refractivity contribution is -0.186. The zero-order valence-corrected chi connectivity index (χ0v) is 14.0. The summed E-state index contributed by atoms with van der Waals surface area (Å²) in [6.07, 6.45) is -4.48. The van der Waals surface area contributed by atoms with Gasteiger partial charge in [0.1, 0.15) is 11.8 Å². The predicted octanol–water partition coefficient (Wildman–Crippen LogP) is 2.17. The molecule has 2 aliphatic heterocycles. The number of carbonyl (C=O) groups is 3. The number of amides is 2. The third kappa shape index (κ3) is 3.13. The minimum Gasteiger partial charge on any atom is -0.497 e. The Bertz CT molecular complexity index is 763. The van der Waals surface area contributed by atoms with Gasteiger partial charge in [-0.25, -0.2) is 0 Å². The van der Waals surface area contributed by atoms with Crippen LogP contribution in [-0.2, 0) is 9.59 Å². The van der Waals surface area contributed by atoms with E-state index >= 15 is 0 Å². The molecule has 0 spiro atoms. The first-order valence-electron chi connectivity index (χ1n) is 8.14. The number of likely N-dealkylation sites (tertiary alicyclic amines) is 1. The summed E-state index contributed by atoms with van der Waals surface area (Å²) in [6.45, 7) is -0.0431. The smallest absolute Gasteiger partial charge is 0.471 e. The Morgan fingerprint density at radius 3 is 2.62 bits per heavy atom. The molecule has 3 rings (SSSR count). The molecular weight excluding hydrogens is 353 g/mol. The number of rotatable bonds is 2. The third-order valence-corrected chi connectivity index (χ3v) is 4.66. The van der Waals surface area contributed by atoms with Gasteiger partial charge < -0.3 is 14.5 Å². The first kappa shape index (κ1) is 18.2. The number of hydrogen-bond acceptors (Lipinski definition) is 4. The molecule has 140 valence electrons. The fourth-order valence-electron chi connectivity index (χ4n) is 3.41. The van der Waals surface area contributed by atoms with E-state index in [1.165, 1.54) is 24.1 Å². The standard InChI is InChI=1S/C17H17F3N2O4/c1-26-10-4-5-12-11(9-10)14(23)6-8-21(12)15(24)13-3-2-7-22(13)16(25)17(18,19)20/h4-5,9,13H,2-3,6-8H2,1H3. The lowest BCUT2D eigenvalue weighted by Crippen LogP contribution is -2.52. The molecule has 0 bridgehead atoms. The molecule has 1 saturated heterocycles. The molecule has 0 saturated carbocycles. The molecular formula is C17H17F3N2O4. The number of ether oxygens (including phenoxy) is 1. The highest BCUT2D eigenvalue weighted by atomic mass is 19.4. The molecule has 2 heterocycles. The number of Topliss-reactive ketones (excluding diaryl/α,β-unsaturated/α-hetero) is 1. The van der Waals surface area contributed by atoms with Crippen molar-refractivity contribution in [3.05, 3.63) is 23.8 Å². The van der Waals surface area contributed by atoms with Crippen molar-refractivity contribution >= 4 is 23.3 Å². The van der Waals surface area contributed by atoms with Gasteiger partial charge in [0.15, 0.2) is 5.78 Å². The highest BCUT2D eigenvalue weighted by molar-refractivity contribution is 6.10. The summed E-state index contributed by atoms with van der Waals surface area (Å²) in [7, 11) is 1.44. The van der Waals surface area contributed by atoms with E-state index in [9.17, 15) is 27.6 Å². The fourth-order valence-corrected chi connectivity index (χ4v) is 3.41. The van der Waals surface area contributed by atoms with Crippen LogP contribution in [0.5, 0.6) is 5.75 Å². The quantitative estimate of drug-likeness (QED) is 0.800. The summed E-state index contributed by atoms with van der Waals surface area (Å²) in [5, 5.41) is 0. The molecule has 6 nitrogen and oxygen atoms in total. The number of alkyl halides is 3. The zero-order valence-electron chi connectivity index (χ0n) is 14.0. The van der Waals surface area contributed by atoms with Crippen LogP contribution < -0.4 is 9.64 Å². The first-order valence-corrected chi connectivity index (χ1v) is 8.14. The Morgan fingerprint density at radius 2 is 1.96 bits per heavy atom. The molecule has 1 aromatic rings. The van der Waals surface area contributed by atoms with E-state index in [1.807, 2.05) is 0 Å². The zero-order chi connectivity index (χ0) is 19.1. The molecule has 1 aromatic carbocycles. The monoisotopic (exact) mass is 370 g/mol. The van der Waals surface area contributed by atoms with Crippen molar-refractivity contribution in [2.24, 2.45) is 0 Å². The Labute approximate surface area is 147 Å². The maximum atomic E-state index is 12.9. The lowest BCUT2D eigenvalue weighted by atomic mass is 9.99. The summed E-state index contributed by atoms with van der Waals surface area (Å²) in [5.41, 5.74) is 0.619. The van der Waals surface area contributed by atoms with Gasteiger partial charge in [0.2, 0.25) is 5.91 Å². The van der Waals surface area contributed by atoms with Gasteiger partial charge in [-0.1, -0.05) is 0 Å². The van der Waals surface area contributed by atoms with Crippen molar-refractivity contribution in [1.29, 1.82) is 0 Å². The van der Waals surface area contributed by atoms with Gasteiger partial charge in [-0.3, -0.25) is 14.4 Å². The van der Waals surface area contributed by atoms with Crippen LogP contribution in [0.1, 0.15) is 29.6 Å². The van der Waals surface area contributed by atoms with Gasteiger partial charge in [-0.05, 0) is 31.0 Å².